The van der Waals surface area contributed by atoms with Crippen LogP contribution in [0.5, 0.6) is 5.75 Å². The average molecular weight is 478 g/mol. The molecule has 0 aliphatic heterocycles. The van der Waals surface area contributed by atoms with Crippen LogP contribution in [0.15, 0.2) is 27.9 Å². The third-order valence-electron chi connectivity index (χ3n) is 5.31. The van der Waals surface area contributed by atoms with Crippen molar-refractivity contribution in [3.63, 3.8) is 0 Å². The van der Waals surface area contributed by atoms with Gasteiger partial charge in [0.15, 0.2) is 11.9 Å². The summed E-state index contributed by atoms with van der Waals surface area (Å²) in [5, 5.41) is 0.531. The van der Waals surface area contributed by atoms with E-state index in [1.54, 1.807) is 6.92 Å². The Morgan fingerprint density at radius 2 is 2.03 bits per heavy atom. The van der Waals surface area contributed by atoms with Crippen molar-refractivity contribution in [2.75, 3.05) is 7.11 Å². The van der Waals surface area contributed by atoms with Crippen LogP contribution in [0.3, 0.4) is 0 Å². The first kappa shape index (κ1) is 22.4. The number of hydrogen-bond acceptors (Lipinski definition) is 8. The topological polar surface area (TPSA) is 127 Å². The van der Waals surface area contributed by atoms with Gasteiger partial charge in [0.2, 0.25) is 10.0 Å². The fourth-order valence-electron chi connectivity index (χ4n) is 3.25. The monoisotopic (exact) mass is 477 g/mol. The van der Waals surface area contributed by atoms with Crippen LogP contribution in [-0.2, 0) is 14.8 Å². The zero-order valence-electron chi connectivity index (χ0n) is 18.0. The average Bonchev–Trinajstić information content (AvgIpc) is 3.50. The molecule has 1 atom stereocenters. The Bertz CT molecular complexity index is 1370. The molecule has 1 saturated carbocycles. The molecule has 2 aromatic heterocycles. The number of aryl methyl sites for hydroxylation is 2. The zero-order valence-corrected chi connectivity index (χ0v) is 19.6. The van der Waals surface area contributed by atoms with Gasteiger partial charge in [-0.25, -0.2) is 22.9 Å². The summed E-state index contributed by atoms with van der Waals surface area (Å²) < 4.78 is 38.6. The Kier molecular flexibility index (Phi) is 5.82. The number of aromatic amines is 1. The second kappa shape index (κ2) is 8.30. The summed E-state index contributed by atoms with van der Waals surface area (Å²) in [6.45, 7) is 5.37. The van der Waals surface area contributed by atoms with Gasteiger partial charge in [-0.1, -0.05) is 0 Å². The van der Waals surface area contributed by atoms with E-state index in [1.165, 1.54) is 36.6 Å². The van der Waals surface area contributed by atoms with Crippen molar-refractivity contribution in [3.8, 4) is 5.75 Å². The maximum Gasteiger partial charge on any atom is 0.338 e. The molecule has 0 radical (unpaired) electrons. The Hall–Kier alpha value is -2.76. The molecule has 11 heteroatoms. The number of nitrogens with one attached hydrogen (secondary N) is 2. The van der Waals surface area contributed by atoms with Crippen LogP contribution in [0.2, 0.25) is 0 Å². The minimum atomic E-state index is -3.85. The lowest BCUT2D eigenvalue weighted by Gasteiger charge is -2.14. The number of sulfonamides is 1. The normalized spacial score (nSPS) is 15.0. The number of carbonyl (C=O) groups excluding carboxylic acids is 1. The molecular weight excluding hydrogens is 454 g/mol. The second-order valence-corrected chi connectivity index (χ2v) is 10.6. The molecule has 1 aliphatic carbocycles. The molecule has 0 unspecified atom stereocenters. The van der Waals surface area contributed by atoms with Gasteiger partial charge in [0, 0.05) is 10.9 Å². The summed E-state index contributed by atoms with van der Waals surface area (Å²) in [5.41, 5.74) is 0.625. The molecule has 0 amide bonds. The number of thiophene rings is 1. The van der Waals surface area contributed by atoms with Crippen LogP contribution in [0, 0.1) is 13.8 Å². The van der Waals surface area contributed by atoms with Crippen LogP contribution < -0.4 is 15.0 Å². The standard InChI is InChI=1S/C21H23N3O6S2/c1-10-12(3)31-20-17(10)19(25)22-18(23-20)11(2)30-21(26)13-5-8-15(29-4)16(9-13)32(27,28)24-14-6-7-14/h5,8-9,11,14,24H,6-7H2,1-4H3,(H,22,23,25)/t11-/m1/s1. The largest absolute Gasteiger partial charge is 0.495 e. The fourth-order valence-corrected chi connectivity index (χ4v) is 5.78. The van der Waals surface area contributed by atoms with Gasteiger partial charge in [-0.15, -0.1) is 11.3 Å². The molecule has 32 heavy (non-hydrogen) atoms. The van der Waals surface area contributed by atoms with E-state index in [1.807, 2.05) is 13.8 Å². The summed E-state index contributed by atoms with van der Waals surface area (Å²) in [7, 11) is -2.49. The highest BCUT2D eigenvalue weighted by molar-refractivity contribution is 7.89. The quantitative estimate of drug-likeness (QED) is 0.501. The molecule has 1 aliphatic rings. The molecule has 2 N–H and O–H groups in total. The van der Waals surface area contributed by atoms with Crippen LogP contribution in [-0.4, -0.2) is 37.5 Å². The Morgan fingerprint density at radius 3 is 2.69 bits per heavy atom. The van der Waals surface area contributed by atoms with Crippen LogP contribution in [0.25, 0.3) is 10.2 Å². The summed E-state index contributed by atoms with van der Waals surface area (Å²) in [4.78, 5) is 33.8. The minimum absolute atomic E-state index is 0.0417. The van der Waals surface area contributed by atoms with Crippen molar-refractivity contribution in [3.05, 3.63) is 50.4 Å². The van der Waals surface area contributed by atoms with Gasteiger partial charge in [-0.05, 0) is 57.4 Å². The highest BCUT2D eigenvalue weighted by Crippen LogP contribution is 2.30. The van der Waals surface area contributed by atoms with E-state index in [2.05, 4.69) is 14.7 Å². The fraction of sp³-hybridized carbons (Fsp3) is 0.381. The van der Waals surface area contributed by atoms with Gasteiger partial charge in [0.1, 0.15) is 15.5 Å². The Labute approximate surface area is 188 Å². The summed E-state index contributed by atoms with van der Waals surface area (Å²) in [5.74, 6) is -0.402. The smallest absolute Gasteiger partial charge is 0.338 e. The van der Waals surface area contributed by atoms with E-state index in [9.17, 15) is 18.0 Å². The summed E-state index contributed by atoms with van der Waals surface area (Å²) in [6, 6.07) is 3.97. The number of carbonyl (C=O) groups is 1. The number of fused-ring (bicyclic) bond motifs is 1. The predicted molar refractivity (Wildman–Crippen MR) is 120 cm³/mol. The molecule has 4 rings (SSSR count). The van der Waals surface area contributed by atoms with Crippen molar-refractivity contribution < 1.29 is 22.7 Å². The number of benzene rings is 1. The van der Waals surface area contributed by atoms with E-state index in [0.29, 0.717) is 10.2 Å². The molecule has 3 aromatic rings. The van der Waals surface area contributed by atoms with Crippen molar-refractivity contribution in [2.45, 2.75) is 50.7 Å². The van der Waals surface area contributed by atoms with Gasteiger partial charge in [0.25, 0.3) is 5.56 Å². The van der Waals surface area contributed by atoms with Crippen molar-refractivity contribution in [2.24, 2.45) is 0 Å². The number of methoxy groups -OCH3 is 1. The Balaban J connectivity index is 1.60. The Morgan fingerprint density at radius 1 is 1.31 bits per heavy atom. The first-order valence-electron chi connectivity index (χ1n) is 10.0. The molecular formula is C21H23N3O6S2. The van der Waals surface area contributed by atoms with Crippen LogP contribution >= 0.6 is 11.3 Å². The summed E-state index contributed by atoms with van der Waals surface area (Å²) in [6.07, 6.45) is 0.702. The highest BCUT2D eigenvalue weighted by Gasteiger charge is 2.30. The van der Waals surface area contributed by atoms with E-state index >= 15 is 0 Å². The molecule has 1 aromatic carbocycles. The maximum absolute atomic E-state index is 12.8. The first-order chi connectivity index (χ1) is 15.1. The first-order valence-corrected chi connectivity index (χ1v) is 12.3. The number of esters is 1. The molecule has 170 valence electrons. The van der Waals surface area contributed by atoms with Gasteiger partial charge in [-0.2, -0.15) is 0 Å². The van der Waals surface area contributed by atoms with E-state index in [0.717, 1.165) is 23.3 Å². The molecule has 0 saturated heterocycles. The molecule has 9 nitrogen and oxygen atoms in total. The lowest BCUT2D eigenvalue weighted by atomic mass is 10.2. The maximum atomic E-state index is 12.8. The number of hydrogen-bond donors (Lipinski definition) is 2. The molecule has 1 fully saturated rings. The molecule has 0 bridgehead atoms. The van der Waals surface area contributed by atoms with Crippen LogP contribution in [0.4, 0.5) is 0 Å². The van der Waals surface area contributed by atoms with Gasteiger partial charge in [0.05, 0.1) is 18.1 Å². The summed E-state index contributed by atoms with van der Waals surface area (Å²) >= 11 is 1.40. The van der Waals surface area contributed by atoms with E-state index < -0.39 is 22.1 Å². The van der Waals surface area contributed by atoms with Gasteiger partial charge >= 0.3 is 5.97 Å². The molecule has 2 heterocycles. The van der Waals surface area contributed by atoms with Crippen molar-refractivity contribution >= 4 is 37.5 Å². The number of H-pyrrole nitrogens is 1. The lowest BCUT2D eigenvalue weighted by molar-refractivity contribution is 0.0319. The van der Waals surface area contributed by atoms with Gasteiger partial charge in [-0.3, -0.25) is 4.79 Å². The zero-order chi connectivity index (χ0) is 23.2. The third-order valence-corrected chi connectivity index (χ3v) is 7.96. The lowest BCUT2D eigenvalue weighted by Crippen LogP contribution is -2.26. The number of ether oxygens (including phenoxy) is 2. The number of aromatic nitrogens is 2. The highest BCUT2D eigenvalue weighted by atomic mass is 32.2. The van der Waals surface area contributed by atoms with Crippen molar-refractivity contribution in [1.29, 1.82) is 0 Å². The van der Waals surface area contributed by atoms with E-state index in [-0.39, 0.29) is 33.6 Å². The number of nitrogens with zero attached hydrogens (tertiary/aromatic N) is 1. The molecule has 0 spiro atoms. The SMILES string of the molecule is COc1ccc(C(=O)O[C@H](C)c2nc3sc(C)c(C)c3c(=O)[nH]2)cc1S(=O)(=O)NC1CC1. The predicted octanol–water partition coefficient (Wildman–Crippen LogP) is 2.97. The van der Waals surface area contributed by atoms with Crippen LogP contribution in [0.1, 0.15) is 52.5 Å². The number of rotatable bonds is 7. The second-order valence-electron chi connectivity index (χ2n) is 7.72. The van der Waals surface area contributed by atoms with Crippen molar-refractivity contribution in [1.82, 2.24) is 14.7 Å². The minimum Gasteiger partial charge on any atom is -0.495 e. The third kappa shape index (κ3) is 4.27. The van der Waals surface area contributed by atoms with Gasteiger partial charge < -0.3 is 14.5 Å². The van der Waals surface area contributed by atoms with E-state index in [4.69, 9.17) is 9.47 Å².